The molecule has 0 aliphatic carbocycles. The van der Waals surface area contributed by atoms with Crippen molar-refractivity contribution in [3.05, 3.63) is 64.0 Å². The van der Waals surface area contributed by atoms with Gasteiger partial charge in [0.1, 0.15) is 5.60 Å². The lowest BCUT2D eigenvalue weighted by Gasteiger charge is -2.36. The zero-order valence-electron chi connectivity index (χ0n) is 21.8. The molecule has 39 heavy (non-hydrogen) atoms. The third-order valence-corrected chi connectivity index (χ3v) is 6.07. The smallest absolute Gasteiger partial charge is 0.410 e. The number of anilines is 1. The molecule has 1 fully saturated rings. The van der Waals surface area contributed by atoms with Crippen molar-refractivity contribution in [2.24, 2.45) is 0 Å². The van der Waals surface area contributed by atoms with Crippen molar-refractivity contribution >= 4 is 41.1 Å². The number of esters is 1. The monoisotopic (exact) mass is 576 g/mol. The van der Waals surface area contributed by atoms with Gasteiger partial charge in [-0.3, -0.25) is 0 Å². The van der Waals surface area contributed by atoms with Gasteiger partial charge in [0.25, 0.3) is 0 Å². The molecule has 4 rings (SSSR count). The van der Waals surface area contributed by atoms with Crippen molar-refractivity contribution in [1.82, 2.24) is 14.9 Å². The molecule has 12 heteroatoms. The van der Waals surface area contributed by atoms with E-state index in [1.807, 2.05) is 0 Å². The van der Waals surface area contributed by atoms with Crippen LogP contribution in [0.4, 0.5) is 15.0 Å². The van der Waals surface area contributed by atoms with Crippen LogP contribution in [0.3, 0.4) is 0 Å². The Balaban J connectivity index is 1.52. The molecule has 0 saturated carbocycles. The lowest BCUT2D eigenvalue weighted by molar-refractivity contribution is 0.0240. The van der Waals surface area contributed by atoms with Gasteiger partial charge in [0, 0.05) is 53.9 Å². The summed E-state index contributed by atoms with van der Waals surface area (Å²) in [6.45, 7) is 6.93. The topological polar surface area (TPSA) is 94.1 Å². The van der Waals surface area contributed by atoms with Crippen LogP contribution < -0.4 is 9.64 Å². The van der Waals surface area contributed by atoms with Crippen LogP contribution in [0.25, 0.3) is 11.3 Å². The second kappa shape index (κ2) is 11.6. The fraction of sp³-hybridized carbons (Fsp3) is 0.333. The molecule has 3 aromatic rings. The zero-order chi connectivity index (χ0) is 28.3. The highest BCUT2D eigenvalue weighted by atomic mass is 35.5. The van der Waals surface area contributed by atoms with E-state index in [-0.39, 0.29) is 23.0 Å². The van der Waals surface area contributed by atoms with Gasteiger partial charge in [-0.1, -0.05) is 23.2 Å². The van der Waals surface area contributed by atoms with Gasteiger partial charge in [0.15, 0.2) is 17.4 Å². The molecule has 0 atom stereocenters. The van der Waals surface area contributed by atoms with Crippen molar-refractivity contribution in [3.63, 3.8) is 0 Å². The van der Waals surface area contributed by atoms with Gasteiger partial charge in [0.2, 0.25) is 5.88 Å². The summed E-state index contributed by atoms with van der Waals surface area (Å²) in [5, 5.41) is 0.776. The number of ether oxygens (including phenoxy) is 3. The number of pyridine rings is 2. The molecule has 1 amide bonds. The molecule has 0 radical (unpaired) electrons. The Labute approximate surface area is 235 Å². The van der Waals surface area contributed by atoms with Crippen LogP contribution >= 0.6 is 23.2 Å². The molecule has 9 nitrogen and oxygen atoms in total. The van der Waals surface area contributed by atoms with Crippen molar-refractivity contribution in [1.29, 1.82) is 0 Å². The number of carbonyl (C=O) groups excluding carboxylic acids is 2. The molecule has 0 N–H and O–H groups in total. The average molecular weight is 577 g/mol. The van der Waals surface area contributed by atoms with E-state index in [2.05, 4.69) is 9.97 Å². The summed E-state index contributed by atoms with van der Waals surface area (Å²) < 4.78 is 31.1. The Bertz CT molecular complexity index is 1370. The summed E-state index contributed by atoms with van der Waals surface area (Å²) >= 11 is 12.3. The maximum absolute atomic E-state index is 15.1. The van der Waals surface area contributed by atoms with Crippen LogP contribution in [-0.2, 0) is 9.47 Å². The Hall–Kier alpha value is -3.63. The average Bonchev–Trinajstić information content (AvgIpc) is 2.86. The van der Waals surface area contributed by atoms with E-state index in [1.54, 1.807) is 48.8 Å². The van der Waals surface area contributed by atoms with Crippen molar-refractivity contribution in [3.8, 4) is 22.9 Å². The van der Waals surface area contributed by atoms with E-state index in [1.165, 1.54) is 31.5 Å². The number of aromatic nitrogens is 2. The van der Waals surface area contributed by atoms with Crippen molar-refractivity contribution < 1.29 is 28.2 Å². The van der Waals surface area contributed by atoms with Gasteiger partial charge in [-0.15, -0.1) is 0 Å². The number of rotatable bonds is 5. The molecule has 0 spiro atoms. The number of halogens is 3. The van der Waals surface area contributed by atoms with E-state index < -0.39 is 23.5 Å². The van der Waals surface area contributed by atoms with Gasteiger partial charge in [0.05, 0.1) is 24.6 Å². The number of piperazine rings is 1. The Kier molecular flexibility index (Phi) is 8.46. The van der Waals surface area contributed by atoms with Gasteiger partial charge in [-0.25, -0.2) is 23.9 Å². The standard InChI is InChI=1S/C27H27Cl2FN4O5/c1-27(2,3)39-26(36)34-7-5-33(6-8-34)24-21(30)14-20(15-31-24)38-23-12-17(25(35)37-4)11-22(32-23)16-9-18(28)13-19(29)10-16/h9-15H,5-8H2,1-4H3. The maximum Gasteiger partial charge on any atom is 0.410 e. The van der Waals surface area contributed by atoms with Crippen molar-refractivity contribution in [2.75, 3.05) is 38.2 Å². The van der Waals surface area contributed by atoms with E-state index in [0.717, 1.165) is 0 Å². The fourth-order valence-corrected chi connectivity index (χ4v) is 4.42. The summed E-state index contributed by atoms with van der Waals surface area (Å²) in [4.78, 5) is 36.6. The highest BCUT2D eigenvalue weighted by molar-refractivity contribution is 6.35. The first-order valence-corrected chi connectivity index (χ1v) is 12.8. The fourth-order valence-electron chi connectivity index (χ4n) is 3.89. The van der Waals surface area contributed by atoms with E-state index >= 15 is 4.39 Å². The molecule has 0 unspecified atom stereocenters. The molecule has 1 aliphatic heterocycles. The van der Waals surface area contributed by atoms with Crippen LogP contribution in [0.5, 0.6) is 11.6 Å². The van der Waals surface area contributed by atoms with Crippen LogP contribution in [0.1, 0.15) is 31.1 Å². The van der Waals surface area contributed by atoms with Crippen LogP contribution in [0.2, 0.25) is 10.0 Å². The molecular weight excluding hydrogens is 550 g/mol. The minimum absolute atomic E-state index is 0.0175. The third-order valence-electron chi connectivity index (χ3n) is 5.63. The summed E-state index contributed by atoms with van der Waals surface area (Å²) in [6, 6.07) is 8.92. The molecule has 2 aromatic heterocycles. The summed E-state index contributed by atoms with van der Waals surface area (Å²) in [5.41, 5.74) is 0.477. The maximum atomic E-state index is 15.1. The van der Waals surface area contributed by atoms with Crippen LogP contribution in [0, 0.1) is 5.82 Å². The van der Waals surface area contributed by atoms with Crippen LogP contribution in [0.15, 0.2) is 42.6 Å². The minimum Gasteiger partial charge on any atom is -0.465 e. The number of carbonyl (C=O) groups is 2. The molecular formula is C27H27Cl2FN4O5. The van der Waals surface area contributed by atoms with Gasteiger partial charge < -0.3 is 24.0 Å². The van der Waals surface area contributed by atoms with Gasteiger partial charge in [-0.2, -0.15) is 0 Å². The molecule has 3 heterocycles. The number of nitrogens with zero attached hydrogens (tertiary/aromatic N) is 4. The Morgan fingerprint density at radius 1 is 0.974 bits per heavy atom. The minimum atomic E-state index is -0.609. The number of hydrogen-bond acceptors (Lipinski definition) is 8. The highest BCUT2D eigenvalue weighted by Crippen LogP contribution is 2.31. The Morgan fingerprint density at radius 2 is 1.64 bits per heavy atom. The zero-order valence-corrected chi connectivity index (χ0v) is 23.3. The normalized spacial score (nSPS) is 13.7. The molecule has 206 valence electrons. The van der Waals surface area contributed by atoms with E-state index in [9.17, 15) is 9.59 Å². The molecule has 0 bridgehead atoms. The number of hydrogen-bond donors (Lipinski definition) is 0. The SMILES string of the molecule is COC(=O)c1cc(Oc2cnc(N3CCN(C(=O)OC(C)(C)C)CC3)c(F)c2)nc(-c2cc(Cl)cc(Cl)c2)c1. The molecule has 1 aliphatic rings. The first-order chi connectivity index (χ1) is 18.4. The predicted octanol–water partition coefficient (Wildman–Crippen LogP) is 6.23. The number of methoxy groups -OCH3 is 1. The van der Waals surface area contributed by atoms with Gasteiger partial charge >= 0.3 is 12.1 Å². The first-order valence-electron chi connectivity index (χ1n) is 12.0. The third kappa shape index (κ3) is 7.27. The predicted molar refractivity (Wildman–Crippen MR) is 145 cm³/mol. The second-order valence-electron chi connectivity index (χ2n) is 9.76. The van der Waals surface area contributed by atoms with Crippen molar-refractivity contribution in [2.45, 2.75) is 26.4 Å². The second-order valence-corrected chi connectivity index (χ2v) is 10.6. The lowest BCUT2D eigenvalue weighted by Crippen LogP contribution is -2.50. The number of benzene rings is 1. The lowest BCUT2D eigenvalue weighted by atomic mass is 10.1. The number of amides is 1. The summed E-state index contributed by atoms with van der Waals surface area (Å²) in [7, 11) is 1.25. The largest absolute Gasteiger partial charge is 0.465 e. The van der Waals surface area contributed by atoms with Gasteiger partial charge in [-0.05, 0) is 45.0 Å². The summed E-state index contributed by atoms with van der Waals surface area (Å²) in [6.07, 6.45) is 0.960. The quantitative estimate of drug-likeness (QED) is 0.330. The highest BCUT2D eigenvalue weighted by Gasteiger charge is 2.27. The molecule has 1 aromatic carbocycles. The molecule has 1 saturated heterocycles. The van der Waals surface area contributed by atoms with Crippen LogP contribution in [-0.4, -0.2) is 65.8 Å². The Morgan fingerprint density at radius 3 is 2.23 bits per heavy atom. The first kappa shape index (κ1) is 28.4. The van der Waals surface area contributed by atoms with E-state index in [0.29, 0.717) is 47.5 Å². The van der Waals surface area contributed by atoms with E-state index in [4.69, 9.17) is 37.4 Å². The summed E-state index contributed by atoms with van der Waals surface area (Å²) in [5.74, 6) is -0.986.